The number of halogens is 5. The molecule has 3 N–H and O–H groups in total. The molecule has 0 radical (unpaired) electrons. The molecular weight excluding hydrogens is 394 g/mol. The Morgan fingerprint density at radius 3 is 2.62 bits per heavy atom. The van der Waals surface area contributed by atoms with Crippen LogP contribution in [-0.2, 0) is 9.53 Å². The van der Waals surface area contributed by atoms with Gasteiger partial charge in [0.15, 0.2) is 22.6 Å². The fourth-order valence-electron chi connectivity index (χ4n) is 1.92. The van der Waals surface area contributed by atoms with Crippen LogP contribution in [0.5, 0.6) is 0 Å². The minimum absolute atomic E-state index is 0.0232. The molecule has 0 atom stereocenters. The third-order valence-electron chi connectivity index (χ3n) is 3.14. The Kier molecular flexibility index (Phi) is 6.33. The van der Waals surface area contributed by atoms with E-state index in [1.807, 2.05) is 0 Å². The Bertz CT molecular complexity index is 892. The molecule has 0 amide bonds. The average Bonchev–Trinajstić information content (AvgIpc) is 2.60. The second-order valence-corrected chi connectivity index (χ2v) is 5.61. The van der Waals surface area contributed by atoms with E-state index in [1.54, 1.807) is 0 Å². The standard InChI is InChI=1S/C16H12Cl2F3N3O2/c1-2-26-16(25)9(6-23-7-3-11(22)15(18)24-5-7)8-4-10(19)14(21)12(17)13(8)20/h3-6,23H,2,22H2,1H3. The Morgan fingerprint density at radius 2 is 2.00 bits per heavy atom. The highest BCUT2D eigenvalue weighted by Crippen LogP contribution is 2.30. The molecule has 0 saturated carbocycles. The number of ether oxygens (including phenoxy) is 1. The summed E-state index contributed by atoms with van der Waals surface area (Å²) in [6, 6.07) is 1.92. The third-order valence-corrected chi connectivity index (χ3v) is 3.79. The van der Waals surface area contributed by atoms with E-state index in [0.29, 0.717) is 11.8 Å². The van der Waals surface area contributed by atoms with Crippen LogP contribution in [0.25, 0.3) is 5.57 Å². The molecule has 0 fully saturated rings. The number of nitrogens with one attached hydrogen (secondary N) is 1. The predicted octanol–water partition coefficient (Wildman–Crippen LogP) is 4.40. The second-order valence-electron chi connectivity index (χ2n) is 4.87. The van der Waals surface area contributed by atoms with E-state index in [9.17, 15) is 18.0 Å². The second kappa shape index (κ2) is 8.29. The lowest BCUT2D eigenvalue weighted by atomic mass is 10.1. The first-order chi connectivity index (χ1) is 12.3. The van der Waals surface area contributed by atoms with Gasteiger partial charge in [-0.3, -0.25) is 0 Å². The van der Waals surface area contributed by atoms with Gasteiger partial charge >= 0.3 is 5.97 Å². The van der Waals surface area contributed by atoms with Crippen molar-refractivity contribution in [2.24, 2.45) is 0 Å². The van der Waals surface area contributed by atoms with Gasteiger partial charge in [0, 0.05) is 11.8 Å². The third kappa shape index (κ3) is 4.20. The first-order valence-corrected chi connectivity index (χ1v) is 7.90. The fourth-order valence-corrected chi connectivity index (χ4v) is 2.22. The maximum absolute atomic E-state index is 14.3. The van der Waals surface area contributed by atoms with E-state index in [4.69, 9.17) is 33.7 Å². The molecule has 0 spiro atoms. The number of carbonyl (C=O) groups excluding carboxylic acids is 1. The van der Waals surface area contributed by atoms with Crippen LogP contribution in [-0.4, -0.2) is 17.6 Å². The number of rotatable bonds is 5. The molecule has 0 bridgehead atoms. The Labute approximate surface area is 156 Å². The van der Waals surface area contributed by atoms with E-state index >= 15 is 0 Å². The lowest BCUT2D eigenvalue weighted by Crippen LogP contribution is -2.11. The van der Waals surface area contributed by atoms with Crippen molar-refractivity contribution in [2.45, 2.75) is 6.92 Å². The molecule has 138 valence electrons. The molecule has 2 rings (SSSR count). The van der Waals surface area contributed by atoms with Gasteiger partial charge in [-0.2, -0.15) is 0 Å². The summed E-state index contributed by atoms with van der Waals surface area (Å²) in [6.07, 6.45) is 2.33. The summed E-state index contributed by atoms with van der Waals surface area (Å²) >= 11 is 11.1. The number of anilines is 2. The van der Waals surface area contributed by atoms with Gasteiger partial charge in [-0.25, -0.2) is 22.9 Å². The topological polar surface area (TPSA) is 77.2 Å². The van der Waals surface area contributed by atoms with Gasteiger partial charge in [0.25, 0.3) is 0 Å². The summed E-state index contributed by atoms with van der Waals surface area (Å²) in [6.45, 7) is 1.51. The number of nitrogens with zero attached hydrogens (tertiary/aromatic N) is 1. The number of benzene rings is 1. The van der Waals surface area contributed by atoms with Crippen LogP contribution in [0.1, 0.15) is 12.5 Å². The highest BCUT2D eigenvalue weighted by molar-refractivity contribution is 6.32. The van der Waals surface area contributed by atoms with Gasteiger partial charge in [0.1, 0.15) is 5.02 Å². The van der Waals surface area contributed by atoms with E-state index in [-0.39, 0.29) is 17.4 Å². The molecular formula is C16H12Cl2F3N3O2. The molecule has 2 aromatic rings. The monoisotopic (exact) mass is 405 g/mol. The smallest absolute Gasteiger partial charge is 0.340 e. The van der Waals surface area contributed by atoms with Crippen LogP contribution in [0.4, 0.5) is 24.5 Å². The molecule has 1 aromatic carbocycles. The van der Waals surface area contributed by atoms with E-state index in [1.165, 1.54) is 19.2 Å². The number of hydrogen-bond donors (Lipinski definition) is 2. The number of nitrogen functional groups attached to an aromatic ring is 1. The van der Waals surface area contributed by atoms with Crippen molar-refractivity contribution in [2.75, 3.05) is 17.7 Å². The number of carbonyl (C=O) groups is 1. The number of hydrogen-bond acceptors (Lipinski definition) is 5. The first-order valence-electron chi connectivity index (χ1n) is 7.14. The minimum Gasteiger partial charge on any atom is -0.462 e. The van der Waals surface area contributed by atoms with Crippen molar-refractivity contribution in [3.63, 3.8) is 0 Å². The number of esters is 1. The summed E-state index contributed by atoms with van der Waals surface area (Å²) in [7, 11) is 0. The SMILES string of the molecule is CCOC(=O)C(=CNc1cnc(Cl)c(N)c1)c1cc(F)c(F)c(Cl)c1F. The maximum Gasteiger partial charge on any atom is 0.340 e. The maximum atomic E-state index is 14.3. The van der Waals surface area contributed by atoms with Crippen molar-refractivity contribution in [1.82, 2.24) is 4.98 Å². The van der Waals surface area contributed by atoms with E-state index in [0.717, 1.165) is 6.20 Å². The van der Waals surface area contributed by atoms with Crippen LogP contribution < -0.4 is 11.1 Å². The van der Waals surface area contributed by atoms with Crippen LogP contribution in [0.3, 0.4) is 0 Å². The summed E-state index contributed by atoms with van der Waals surface area (Å²) < 4.78 is 46.1. The Hall–Kier alpha value is -2.45. The largest absolute Gasteiger partial charge is 0.462 e. The van der Waals surface area contributed by atoms with Crippen LogP contribution in [0.15, 0.2) is 24.5 Å². The van der Waals surface area contributed by atoms with E-state index < -0.39 is 39.6 Å². The molecule has 0 aliphatic rings. The number of nitrogens with two attached hydrogens (primary N) is 1. The molecule has 5 nitrogen and oxygen atoms in total. The van der Waals surface area contributed by atoms with Gasteiger partial charge in [0.2, 0.25) is 0 Å². The highest BCUT2D eigenvalue weighted by Gasteiger charge is 2.24. The molecule has 0 saturated heterocycles. The molecule has 10 heteroatoms. The zero-order chi connectivity index (χ0) is 19.4. The van der Waals surface area contributed by atoms with Gasteiger partial charge in [-0.05, 0) is 19.1 Å². The molecule has 1 aromatic heterocycles. The molecule has 26 heavy (non-hydrogen) atoms. The van der Waals surface area contributed by atoms with Crippen molar-refractivity contribution in [1.29, 1.82) is 0 Å². The molecule has 0 aliphatic heterocycles. The lowest BCUT2D eigenvalue weighted by molar-refractivity contribution is -0.136. The molecule has 0 unspecified atom stereocenters. The van der Waals surface area contributed by atoms with Crippen molar-refractivity contribution < 1.29 is 22.7 Å². The van der Waals surface area contributed by atoms with Gasteiger partial charge in [-0.15, -0.1) is 0 Å². The summed E-state index contributed by atoms with van der Waals surface area (Å²) in [4.78, 5) is 15.9. The lowest BCUT2D eigenvalue weighted by Gasteiger charge is -2.11. The number of pyridine rings is 1. The Morgan fingerprint density at radius 1 is 1.31 bits per heavy atom. The quantitative estimate of drug-likeness (QED) is 0.253. The summed E-state index contributed by atoms with van der Waals surface area (Å²) in [5.74, 6) is -5.26. The number of aromatic nitrogens is 1. The van der Waals surface area contributed by atoms with Crippen LogP contribution in [0, 0.1) is 17.5 Å². The van der Waals surface area contributed by atoms with Gasteiger partial charge in [0.05, 0.1) is 29.8 Å². The van der Waals surface area contributed by atoms with Crippen LogP contribution in [0.2, 0.25) is 10.2 Å². The summed E-state index contributed by atoms with van der Waals surface area (Å²) in [5, 5.41) is 1.64. The highest BCUT2D eigenvalue weighted by atomic mass is 35.5. The Balaban J connectivity index is 2.50. The van der Waals surface area contributed by atoms with Crippen molar-refractivity contribution in [3.05, 3.63) is 57.7 Å². The minimum atomic E-state index is -1.56. The summed E-state index contributed by atoms with van der Waals surface area (Å²) in [5.41, 5.74) is 5.08. The van der Waals surface area contributed by atoms with Gasteiger partial charge < -0.3 is 15.8 Å². The van der Waals surface area contributed by atoms with Crippen molar-refractivity contribution >= 4 is 46.1 Å². The zero-order valence-corrected chi connectivity index (χ0v) is 14.8. The van der Waals surface area contributed by atoms with E-state index in [2.05, 4.69) is 10.3 Å². The van der Waals surface area contributed by atoms with Crippen molar-refractivity contribution in [3.8, 4) is 0 Å². The molecule has 1 heterocycles. The fraction of sp³-hybridized carbons (Fsp3) is 0.125. The predicted molar refractivity (Wildman–Crippen MR) is 93.2 cm³/mol. The zero-order valence-electron chi connectivity index (χ0n) is 13.2. The van der Waals surface area contributed by atoms with Gasteiger partial charge in [-0.1, -0.05) is 23.2 Å². The normalized spacial score (nSPS) is 11.4. The first kappa shape index (κ1) is 19.9. The average molecular weight is 406 g/mol. The van der Waals surface area contributed by atoms with Crippen LogP contribution >= 0.6 is 23.2 Å². The molecule has 0 aliphatic carbocycles.